The maximum atomic E-state index is 11.9. The largest absolute Gasteiger partial charge is 0.447 e. The molecule has 0 atom stereocenters. The Hall–Kier alpha value is -0.430. The van der Waals surface area contributed by atoms with Crippen molar-refractivity contribution >= 4 is 33.5 Å². The molecule has 2 N–H and O–H groups in total. The van der Waals surface area contributed by atoms with Crippen LogP contribution in [0.25, 0.3) is 0 Å². The molecule has 0 spiro atoms. The van der Waals surface area contributed by atoms with Crippen LogP contribution in [0.2, 0.25) is 0 Å². The maximum absolute atomic E-state index is 11.9. The summed E-state index contributed by atoms with van der Waals surface area (Å²) in [5.74, 6) is 0.0648. The molecule has 1 rings (SSSR count). The van der Waals surface area contributed by atoms with Crippen LogP contribution < -0.4 is 5.73 Å². The molecule has 0 aliphatic rings. The Labute approximate surface area is 84.8 Å². The van der Waals surface area contributed by atoms with Gasteiger partial charge in [-0.05, 0) is 28.1 Å². The van der Waals surface area contributed by atoms with Crippen molar-refractivity contribution in [3.05, 3.63) is 16.6 Å². The smallest absolute Gasteiger partial charge is 0.384 e. The van der Waals surface area contributed by atoms with Gasteiger partial charge in [0.25, 0.3) is 0 Å². The van der Waals surface area contributed by atoms with Crippen LogP contribution in [-0.2, 0) is 0 Å². The molecule has 0 amide bonds. The molecule has 0 fully saturated rings. The Morgan fingerprint density at radius 1 is 1.38 bits per heavy atom. The molecule has 0 radical (unpaired) electrons. The van der Waals surface area contributed by atoms with Crippen molar-refractivity contribution in [3.8, 4) is 0 Å². The van der Waals surface area contributed by atoms with Crippen molar-refractivity contribution in [2.24, 2.45) is 0 Å². The van der Waals surface area contributed by atoms with E-state index < -0.39 is 5.51 Å². The van der Waals surface area contributed by atoms with E-state index >= 15 is 0 Å². The van der Waals surface area contributed by atoms with Crippen LogP contribution in [0.3, 0.4) is 0 Å². The van der Waals surface area contributed by atoms with Crippen molar-refractivity contribution in [3.63, 3.8) is 0 Å². The molecule has 2 nitrogen and oxygen atoms in total. The van der Waals surface area contributed by atoms with E-state index in [9.17, 15) is 13.2 Å². The van der Waals surface area contributed by atoms with Gasteiger partial charge in [0.05, 0.1) is 4.47 Å². The number of aromatic nitrogens is 1. The summed E-state index contributed by atoms with van der Waals surface area (Å²) in [5.41, 5.74) is 0.890. The summed E-state index contributed by atoms with van der Waals surface area (Å²) >= 11 is 2.65. The van der Waals surface area contributed by atoms with E-state index in [-0.39, 0.29) is 27.1 Å². The van der Waals surface area contributed by atoms with E-state index in [0.717, 1.165) is 0 Å². The number of alkyl halides is 3. The highest BCUT2D eigenvalue weighted by Gasteiger charge is 2.31. The summed E-state index contributed by atoms with van der Waals surface area (Å²) in [4.78, 5) is 3.53. The number of halogens is 4. The van der Waals surface area contributed by atoms with Gasteiger partial charge in [-0.3, -0.25) is 0 Å². The molecule has 0 aromatic carbocycles. The number of nitrogens with zero attached hydrogens (tertiary/aromatic N) is 1. The number of thioether (sulfide) groups is 1. The lowest BCUT2D eigenvalue weighted by molar-refractivity contribution is -0.0329. The number of hydrogen-bond donors (Lipinski definition) is 1. The highest BCUT2D eigenvalue weighted by molar-refractivity contribution is 9.10. The van der Waals surface area contributed by atoms with Gasteiger partial charge in [0, 0.05) is 11.8 Å². The third-order valence-electron chi connectivity index (χ3n) is 1.05. The minimum Gasteiger partial charge on any atom is -0.384 e. The van der Waals surface area contributed by atoms with Crippen LogP contribution in [-0.4, -0.2) is 10.5 Å². The normalized spacial score (nSPS) is 11.7. The predicted molar refractivity (Wildman–Crippen MR) is 48.3 cm³/mol. The van der Waals surface area contributed by atoms with Gasteiger partial charge in [-0.1, -0.05) is 0 Å². The first-order valence-corrected chi connectivity index (χ1v) is 4.67. The summed E-state index contributed by atoms with van der Waals surface area (Å²) in [5, 5.41) is -0.174. The Kier molecular flexibility index (Phi) is 3.07. The zero-order valence-corrected chi connectivity index (χ0v) is 8.50. The Bertz CT molecular complexity index is 315. The molecule has 1 heterocycles. The zero-order chi connectivity index (χ0) is 10.1. The second kappa shape index (κ2) is 3.75. The van der Waals surface area contributed by atoms with Crippen molar-refractivity contribution < 1.29 is 13.2 Å². The molecule has 1 aromatic rings. The number of anilines is 1. The quantitative estimate of drug-likeness (QED) is 0.799. The number of rotatable bonds is 1. The van der Waals surface area contributed by atoms with Crippen molar-refractivity contribution in [1.82, 2.24) is 4.98 Å². The minimum atomic E-state index is -4.34. The van der Waals surface area contributed by atoms with E-state index in [2.05, 4.69) is 20.9 Å². The summed E-state index contributed by atoms with van der Waals surface area (Å²) in [6.45, 7) is 0. The van der Waals surface area contributed by atoms with Crippen LogP contribution in [0, 0.1) is 0 Å². The van der Waals surface area contributed by atoms with E-state index in [0.29, 0.717) is 0 Å². The predicted octanol–water partition coefficient (Wildman–Crippen LogP) is 3.04. The fourth-order valence-corrected chi connectivity index (χ4v) is 1.62. The van der Waals surface area contributed by atoms with Crippen LogP contribution >= 0.6 is 27.7 Å². The SMILES string of the molecule is Nc1ccc(Br)c(SC(F)(F)F)n1. The number of hydrogen-bond acceptors (Lipinski definition) is 3. The Balaban J connectivity index is 2.94. The fourth-order valence-electron chi connectivity index (χ4n) is 0.619. The molecule has 0 saturated carbocycles. The summed E-state index contributed by atoms with van der Waals surface area (Å²) in [6, 6.07) is 2.85. The number of nitrogens with two attached hydrogens (primary N) is 1. The summed E-state index contributed by atoms with van der Waals surface area (Å²) in [7, 11) is 0. The molecular formula is C6H4BrF3N2S. The summed E-state index contributed by atoms with van der Waals surface area (Å²) in [6.07, 6.45) is 0. The van der Waals surface area contributed by atoms with Gasteiger partial charge in [-0.2, -0.15) is 13.2 Å². The van der Waals surface area contributed by atoms with E-state index in [1.165, 1.54) is 12.1 Å². The second-order valence-corrected chi connectivity index (χ2v) is 3.98. The van der Waals surface area contributed by atoms with Gasteiger partial charge in [0.2, 0.25) is 0 Å². The van der Waals surface area contributed by atoms with Crippen LogP contribution in [0.15, 0.2) is 21.6 Å². The molecule has 0 aliphatic carbocycles. The van der Waals surface area contributed by atoms with Gasteiger partial charge < -0.3 is 5.73 Å². The van der Waals surface area contributed by atoms with Gasteiger partial charge >= 0.3 is 5.51 Å². The van der Waals surface area contributed by atoms with Crippen molar-refractivity contribution in [2.45, 2.75) is 10.5 Å². The first kappa shape index (κ1) is 10.6. The third kappa shape index (κ3) is 3.43. The molecule has 0 unspecified atom stereocenters. The molecule has 1 aromatic heterocycles. The molecular weight excluding hydrogens is 269 g/mol. The topological polar surface area (TPSA) is 38.9 Å². The maximum Gasteiger partial charge on any atom is 0.447 e. The van der Waals surface area contributed by atoms with Gasteiger partial charge in [-0.25, -0.2) is 4.98 Å². The molecule has 0 bridgehead atoms. The highest BCUT2D eigenvalue weighted by Crippen LogP contribution is 2.39. The van der Waals surface area contributed by atoms with E-state index in [4.69, 9.17) is 5.73 Å². The second-order valence-electron chi connectivity index (χ2n) is 2.07. The third-order valence-corrected chi connectivity index (χ3v) is 2.69. The zero-order valence-electron chi connectivity index (χ0n) is 6.10. The highest BCUT2D eigenvalue weighted by atomic mass is 79.9. The van der Waals surface area contributed by atoms with Gasteiger partial charge in [0.15, 0.2) is 0 Å². The minimum absolute atomic E-state index is 0.0648. The number of pyridine rings is 1. The lowest BCUT2D eigenvalue weighted by Crippen LogP contribution is -2.02. The number of nitrogen functional groups attached to an aromatic ring is 1. The Morgan fingerprint density at radius 2 is 2.00 bits per heavy atom. The standard InChI is InChI=1S/C6H4BrF3N2S/c7-3-1-2-4(11)12-5(3)13-6(8,9)10/h1-2H,(H2,11,12). The van der Waals surface area contributed by atoms with Crippen molar-refractivity contribution in [2.75, 3.05) is 5.73 Å². The molecule has 7 heteroatoms. The van der Waals surface area contributed by atoms with E-state index in [1.807, 2.05) is 0 Å². The first-order chi connectivity index (χ1) is 5.88. The van der Waals surface area contributed by atoms with Crippen LogP contribution in [0.1, 0.15) is 0 Å². The van der Waals surface area contributed by atoms with Gasteiger partial charge in [-0.15, -0.1) is 0 Å². The summed E-state index contributed by atoms with van der Waals surface area (Å²) < 4.78 is 36.0. The lowest BCUT2D eigenvalue weighted by Gasteiger charge is -2.06. The van der Waals surface area contributed by atoms with Crippen LogP contribution in [0.5, 0.6) is 0 Å². The van der Waals surface area contributed by atoms with Crippen LogP contribution in [0.4, 0.5) is 19.0 Å². The molecule has 13 heavy (non-hydrogen) atoms. The fraction of sp³-hybridized carbons (Fsp3) is 0.167. The average molecular weight is 273 g/mol. The van der Waals surface area contributed by atoms with Crippen molar-refractivity contribution in [1.29, 1.82) is 0 Å². The monoisotopic (exact) mass is 272 g/mol. The van der Waals surface area contributed by atoms with Gasteiger partial charge in [0.1, 0.15) is 10.8 Å². The van der Waals surface area contributed by atoms with E-state index in [1.54, 1.807) is 0 Å². The molecule has 72 valence electrons. The lowest BCUT2D eigenvalue weighted by atomic mass is 10.5. The first-order valence-electron chi connectivity index (χ1n) is 3.06. The average Bonchev–Trinajstić information content (AvgIpc) is 1.94. The Morgan fingerprint density at radius 3 is 2.54 bits per heavy atom. The molecule has 0 aliphatic heterocycles. The molecule has 0 saturated heterocycles.